The standard InChI is InChI=1S/C15H23NO4S2/c1-12-5-4-9-16(10-8-12)14-7-6-13(21(2,17)18)11-15(14)22(3,19)20/h6-7,11-12H,4-5,8-10H2,1-3H3/t12-/m0/s1. The van der Waals surface area contributed by atoms with Crippen LogP contribution in [0.15, 0.2) is 28.0 Å². The number of hydrogen-bond donors (Lipinski definition) is 0. The zero-order chi connectivity index (χ0) is 16.5. The van der Waals surface area contributed by atoms with Crippen molar-refractivity contribution in [1.29, 1.82) is 0 Å². The quantitative estimate of drug-likeness (QED) is 0.839. The predicted molar refractivity (Wildman–Crippen MR) is 87.9 cm³/mol. The van der Waals surface area contributed by atoms with Crippen molar-refractivity contribution in [2.24, 2.45) is 5.92 Å². The van der Waals surface area contributed by atoms with E-state index in [2.05, 4.69) is 11.8 Å². The van der Waals surface area contributed by atoms with Crippen molar-refractivity contribution in [2.75, 3.05) is 30.5 Å². The normalized spacial score (nSPS) is 20.7. The summed E-state index contributed by atoms with van der Waals surface area (Å²) in [5.41, 5.74) is 0.615. The smallest absolute Gasteiger partial charge is 0.177 e. The average molecular weight is 345 g/mol. The molecule has 1 aliphatic heterocycles. The van der Waals surface area contributed by atoms with Crippen LogP contribution in [0.1, 0.15) is 26.2 Å². The summed E-state index contributed by atoms with van der Waals surface area (Å²) in [6, 6.07) is 4.41. The van der Waals surface area contributed by atoms with Gasteiger partial charge in [-0.2, -0.15) is 0 Å². The molecule has 1 aromatic rings. The Balaban J connectivity index is 2.51. The molecule has 0 N–H and O–H groups in total. The van der Waals surface area contributed by atoms with E-state index in [9.17, 15) is 16.8 Å². The van der Waals surface area contributed by atoms with Gasteiger partial charge < -0.3 is 4.90 Å². The highest BCUT2D eigenvalue weighted by molar-refractivity contribution is 7.91. The maximum Gasteiger partial charge on any atom is 0.177 e. The molecule has 0 aliphatic carbocycles. The Kier molecular flexibility index (Phi) is 4.87. The Labute approximate surface area is 133 Å². The Morgan fingerprint density at radius 2 is 1.68 bits per heavy atom. The third-order valence-corrected chi connectivity index (χ3v) is 6.35. The lowest BCUT2D eigenvalue weighted by Crippen LogP contribution is -2.26. The van der Waals surface area contributed by atoms with Gasteiger partial charge in [-0.15, -0.1) is 0 Å². The number of rotatable bonds is 3. The van der Waals surface area contributed by atoms with Gasteiger partial charge in [0.25, 0.3) is 0 Å². The maximum atomic E-state index is 12.1. The Morgan fingerprint density at radius 3 is 2.27 bits per heavy atom. The molecule has 1 saturated heterocycles. The van der Waals surface area contributed by atoms with Crippen LogP contribution in [0.2, 0.25) is 0 Å². The first-order chi connectivity index (χ1) is 10.1. The van der Waals surface area contributed by atoms with Crippen molar-refractivity contribution in [2.45, 2.75) is 36.0 Å². The molecule has 1 aliphatic rings. The van der Waals surface area contributed by atoms with Crippen molar-refractivity contribution in [1.82, 2.24) is 0 Å². The topological polar surface area (TPSA) is 71.5 Å². The zero-order valence-corrected chi connectivity index (χ0v) is 14.9. The van der Waals surface area contributed by atoms with Crippen LogP contribution in [0.4, 0.5) is 5.69 Å². The number of benzene rings is 1. The van der Waals surface area contributed by atoms with Crippen molar-refractivity contribution in [3.63, 3.8) is 0 Å². The van der Waals surface area contributed by atoms with Crippen LogP contribution in [0.3, 0.4) is 0 Å². The van der Waals surface area contributed by atoms with Crippen LogP contribution < -0.4 is 4.90 Å². The van der Waals surface area contributed by atoms with E-state index in [1.165, 1.54) is 12.1 Å². The molecule has 0 spiro atoms. The molecule has 7 heteroatoms. The summed E-state index contributed by atoms with van der Waals surface area (Å²) in [7, 11) is -6.93. The highest BCUT2D eigenvalue weighted by atomic mass is 32.2. The molecule has 124 valence electrons. The Hall–Kier alpha value is -1.08. The minimum absolute atomic E-state index is 0.0415. The third kappa shape index (κ3) is 4.01. The fourth-order valence-corrected chi connectivity index (χ4v) is 4.43. The molecule has 0 unspecified atom stereocenters. The second-order valence-corrected chi connectivity index (χ2v) is 10.2. The molecule has 1 aromatic carbocycles. The second kappa shape index (κ2) is 6.20. The summed E-state index contributed by atoms with van der Waals surface area (Å²) >= 11 is 0. The van der Waals surface area contributed by atoms with Gasteiger partial charge >= 0.3 is 0 Å². The molecular weight excluding hydrogens is 322 g/mol. The summed E-state index contributed by atoms with van der Waals surface area (Å²) in [6.45, 7) is 3.79. The molecular formula is C15H23NO4S2. The minimum Gasteiger partial charge on any atom is -0.370 e. The van der Waals surface area contributed by atoms with E-state index in [-0.39, 0.29) is 9.79 Å². The Bertz CT molecular complexity index is 754. The molecule has 0 aromatic heterocycles. The minimum atomic E-state index is -3.50. The second-order valence-electron chi connectivity index (χ2n) is 6.20. The fraction of sp³-hybridized carbons (Fsp3) is 0.600. The summed E-state index contributed by atoms with van der Waals surface area (Å²) in [6.07, 6.45) is 5.36. The molecule has 1 heterocycles. The largest absolute Gasteiger partial charge is 0.370 e. The van der Waals surface area contributed by atoms with Crippen LogP contribution in [-0.4, -0.2) is 42.4 Å². The van der Waals surface area contributed by atoms with E-state index in [4.69, 9.17) is 0 Å². The number of anilines is 1. The lowest BCUT2D eigenvalue weighted by atomic mass is 10.0. The summed E-state index contributed by atoms with van der Waals surface area (Å²) in [5, 5.41) is 0. The van der Waals surface area contributed by atoms with Gasteiger partial charge in [0.15, 0.2) is 19.7 Å². The van der Waals surface area contributed by atoms with E-state index >= 15 is 0 Å². The first-order valence-electron chi connectivity index (χ1n) is 7.38. The van der Waals surface area contributed by atoms with E-state index in [1.807, 2.05) is 0 Å². The van der Waals surface area contributed by atoms with Gasteiger partial charge in [0.2, 0.25) is 0 Å². The van der Waals surface area contributed by atoms with Crippen molar-refractivity contribution < 1.29 is 16.8 Å². The maximum absolute atomic E-state index is 12.1. The highest BCUT2D eigenvalue weighted by Gasteiger charge is 2.23. The SMILES string of the molecule is C[C@H]1CCCN(c2ccc(S(C)(=O)=O)cc2S(C)(=O)=O)CC1. The molecule has 22 heavy (non-hydrogen) atoms. The van der Waals surface area contributed by atoms with Gasteiger partial charge in [0.05, 0.1) is 15.5 Å². The summed E-state index contributed by atoms with van der Waals surface area (Å²) in [5.74, 6) is 0.627. The monoisotopic (exact) mass is 345 g/mol. The molecule has 1 atom stereocenters. The highest BCUT2D eigenvalue weighted by Crippen LogP contribution is 2.30. The molecule has 0 saturated carbocycles. The van der Waals surface area contributed by atoms with Crippen LogP contribution in [0.5, 0.6) is 0 Å². The van der Waals surface area contributed by atoms with Crippen LogP contribution in [0.25, 0.3) is 0 Å². The van der Waals surface area contributed by atoms with E-state index in [1.54, 1.807) is 6.07 Å². The number of sulfone groups is 2. The van der Waals surface area contributed by atoms with Crippen molar-refractivity contribution in [3.8, 4) is 0 Å². The first kappa shape index (κ1) is 17.3. The van der Waals surface area contributed by atoms with Gasteiger partial charge in [-0.05, 0) is 43.4 Å². The molecule has 2 rings (SSSR count). The average Bonchev–Trinajstić information content (AvgIpc) is 2.61. The third-order valence-electron chi connectivity index (χ3n) is 4.12. The van der Waals surface area contributed by atoms with Crippen LogP contribution in [0, 0.1) is 5.92 Å². The number of hydrogen-bond acceptors (Lipinski definition) is 5. The zero-order valence-electron chi connectivity index (χ0n) is 13.2. The van der Waals surface area contributed by atoms with E-state index < -0.39 is 19.7 Å². The van der Waals surface area contributed by atoms with Gasteiger partial charge in [0, 0.05) is 25.6 Å². The fourth-order valence-electron chi connectivity index (χ4n) is 2.79. The van der Waals surface area contributed by atoms with Crippen LogP contribution in [-0.2, 0) is 19.7 Å². The van der Waals surface area contributed by atoms with Gasteiger partial charge in [-0.1, -0.05) is 6.92 Å². The first-order valence-corrected chi connectivity index (χ1v) is 11.2. The van der Waals surface area contributed by atoms with E-state index in [0.717, 1.165) is 44.9 Å². The van der Waals surface area contributed by atoms with Crippen molar-refractivity contribution in [3.05, 3.63) is 18.2 Å². The summed E-state index contributed by atoms with van der Waals surface area (Å²) in [4.78, 5) is 2.20. The van der Waals surface area contributed by atoms with Crippen LogP contribution >= 0.6 is 0 Å². The van der Waals surface area contributed by atoms with E-state index in [0.29, 0.717) is 11.6 Å². The lowest BCUT2D eigenvalue weighted by Gasteiger charge is -2.25. The lowest BCUT2D eigenvalue weighted by molar-refractivity contribution is 0.521. The molecule has 1 fully saturated rings. The molecule has 0 bridgehead atoms. The summed E-state index contributed by atoms with van der Waals surface area (Å²) < 4.78 is 47.6. The molecule has 0 radical (unpaired) electrons. The number of nitrogens with zero attached hydrogens (tertiary/aromatic N) is 1. The Morgan fingerprint density at radius 1 is 1.00 bits per heavy atom. The van der Waals surface area contributed by atoms with Gasteiger partial charge in [-0.3, -0.25) is 0 Å². The molecule has 0 amide bonds. The molecule has 5 nitrogen and oxygen atoms in total. The van der Waals surface area contributed by atoms with Crippen molar-refractivity contribution >= 4 is 25.4 Å². The van der Waals surface area contributed by atoms with Gasteiger partial charge in [-0.25, -0.2) is 16.8 Å². The predicted octanol–water partition coefficient (Wildman–Crippen LogP) is 2.12. The van der Waals surface area contributed by atoms with Gasteiger partial charge in [0.1, 0.15) is 0 Å².